The number of likely N-dealkylation sites (tertiary alicyclic amines) is 1. The molecule has 26 heavy (non-hydrogen) atoms. The number of hydrogen-bond donors (Lipinski definition) is 1. The first-order valence-corrected chi connectivity index (χ1v) is 9.13. The molecule has 7 heteroatoms. The molecule has 0 radical (unpaired) electrons. The van der Waals surface area contributed by atoms with Crippen LogP contribution in [-0.4, -0.2) is 51.3 Å². The maximum Gasteiger partial charge on any atom is 0.410 e. The molecule has 1 aromatic carbocycles. The largest absolute Gasteiger partial charge is 0.444 e. The molecule has 1 aromatic heterocycles. The van der Waals surface area contributed by atoms with Crippen molar-refractivity contribution in [1.82, 2.24) is 14.5 Å². The molecular formula is C19H27N5O2. The van der Waals surface area contributed by atoms with Gasteiger partial charge in [-0.1, -0.05) is 0 Å². The van der Waals surface area contributed by atoms with E-state index in [1.54, 1.807) is 0 Å². The highest BCUT2D eigenvalue weighted by Crippen LogP contribution is 2.41. The number of ether oxygens (including phenoxy) is 1. The summed E-state index contributed by atoms with van der Waals surface area (Å²) in [6, 6.07) is 4.39. The van der Waals surface area contributed by atoms with Crippen LogP contribution in [0.15, 0.2) is 12.1 Å². The summed E-state index contributed by atoms with van der Waals surface area (Å²) in [7, 11) is 2.02. The Kier molecular flexibility index (Phi) is 3.61. The van der Waals surface area contributed by atoms with E-state index in [2.05, 4.69) is 9.47 Å². The van der Waals surface area contributed by atoms with Crippen molar-refractivity contribution >= 4 is 28.5 Å². The third-order valence-electron chi connectivity index (χ3n) is 5.44. The van der Waals surface area contributed by atoms with Crippen LogP contribution in [0.1, 0.15) is 33.0 Å². The van der Waals surface area contributed by atoms with E-state index in [1.807, 2.05) is 51.8 Å². The summed E-state index contributed by atoms with van der Waals surface area (Å²) in [6.45, 7) is 9.13. The lowest BCUT2D eigenvalue weighted by molar-refractivity contribution is 0.0215. The standard InChI is InChI=1S/C19H27N5O2/c1-11-21-16-15(22(11)5)7-6-14(20)17(16)23-9-13-8-12(23)10-24(13)18(25)26-19(2,3)4/h6-7,12-13H,8-10,20H2,1-5H3/t12-,13-/m1/s1. The van der Waals surface area contributed by atoms with E-state index in [4.69, 9.17) is 15.5 Å². The maximum atomic E-state index is 12.5. The van der Waals surface area contributed by atoms with Crippen LogP contribution in [0.25, 0.3) is 11.0 Å². The number of aryl methyl sites for hydroxylation is 2. The van der Waals surface area contributed by atoms with E-state index in [9.17, 15) is 4.79 Å². The highest BCUT2D eigenvalue weighted by molar-refractivity contribution is 5.96. The molecule has 0 aliphatic carbocycles. The Morgan fingerprint density at radius 2 is 2.00 bits per heavy atom. The molecule has 7 nitrogen and oxygen atoms in total. The number of amides is 1. The van der Waals surface area contributed by atoms with Gasteiger partial charge < -0.3 is 24.8 Å². The number of nitrogens with two attached hydrogens (primary N) is 1. The van der Waals surface area contributed by atoms with Crippen molar-refractivity contribution in [2.24, 2.45) is 7.05 Å². The fraction of sp³-hybridized carbons (Fsp3) is 0.579. The van der Waals surface area contributed by atoms with Gasteiger partial charge in [0.2, 0.25) is 0 Å². The molecule has 3 heterocycles. The highest BCUT2D eigenvalue weighted by atomic mass is 16.6. The molecule has 2 bridgehead atoms. The number of benzene rings is 1. The van der Waals surface area contributed by atoms with Crippen LogP contribution >= 0.6 is 0 Å². The predicted octanol–water partition coefficient (Wildman–Crippen LogP) is 2.66. The molecule has 2 atom stereocenters. The maximum absolute atomic E-state index is 12.5. The molecular weight excluding hydrogens is 330 g/mol. The summed E-state index contributed by atoms with van der Waals surface area (Å²) in [5.41, 5.74) is 9.64. The first kappa shape index (κ1) is 17.0. The molecule has 2 saturated heterocycles. The monoisotopic (exact) mass is 357 g/mol. The molecule has 0 spiro atoms. The van der Waals surface area contributed by atoms with Gasteiger partial charge in [-0.15, -0.1) is 0 Å². The topological polar surface area (TPSA) is 76.6 Å². The van der Waals surface area contributed by atoms with Gasteiger partial charge in [0, 0.05) is 26.2 Å². The van der Waals surface area contributed by atoms with Crippen LogP contribution in [0.5, 0.6) is 0 Å². The van der Waals surface area contributed by atoms with Crippen LogP contribution in [0.2, 0.25) is 0 Å². The smallest absolute Gasteiger partial charge is 0.410 e. The van der Waals surface area contributed by atoms with Gasteiger partial charge in [-0.3, -0.25) is 0 Å². The average molecular weight is 357 g/mol. The molecule has 2 aliphatic rings. The summed E-state index contributed by atoms with van der Waals surface area (Å²) in [6.07, 6.45) is 0.727. The van der Waals surface area contributed by atoms with Crippen molar-refractivity contribution in [1.29, 1.82) is 0 Å². The number of carbonyl (C=O) groups is 1. The Hall–Kier alpha value is -2.44. The van der Waals surface area contributed by atoms with Crippen LogP contribution in [0.3, 0.4) is 0 Å². The van der Waals surface area contributed by atoms with Crippen molar-refractivity contribution in [2.45, 2.75) is 51.8 Å². The molecule has 2 aromatic rings. The number of rotatable bonds is 1. The van der Waals surface area contributed by atoms with Crippen molar-refractivity contribution in [2.75, 3.05) is 23.7 Å². The van der Waals surface area contributed by atoms with E-state index in [1.165, 1.54) is 0 Å². The lowest BCUT2D eigenvalue weighted by Crippen LogP contribution is -2.50. The first-order chi connectivity index (χ1) is 12.2. The van der Waals surface area contributed by atoms with E-state index in [-0.39, 0.29) is 18.2 Å². The van der Waals surface area contributed by atoms with Crippen molar-refractivity contribution < 1.29 is 9.53 Å². The molecule has 0 saturated carbocycles. The van der Waals surface area contributed by atoms with E-state index in [0.717, 1.165) is 41.2 Å². The minimum Gasteiger partial charge on any atom is -0.444 e. The number of imidazole rings is 1. The van der Waals surface area contributed by atoms with Gasteiger partial charge in [-0.05, 0) is 46.2 Å². The molecule has 140 valence electrons. The Balaban J connectivity index is 1.62. The van der Waals surface area contributed by atoms with Crippen molar-refractivity contribution in [3.05, 3.63) is 18.0 Å². The van der Waals surface area contributed by atoms with Gasteiger partial charge in [0.15, 0.2) is 0 Å². The van der Waals surface area contributed by atoms with Gasteiger partial charge in [-0.2, -0.15) is 0 Å². The molecule has 0 unspecified atom stereocenters. The van der Waals surface area contributed by atoms with Gasteiger partial charge in [0.05, 0.1) is 22.9 Å². The van der Waals surface area contributed by atoms with Crippen LogP contribution in [0.4, 0.5) is 16.2 Å². The lowest BCUT2D eigenvalue weighted by Gasteiger charge is -2.36. The summed E-state index contributed by atoms with van der Waals surface area (Å²) in [5, 5.41) is 0. The molecule has 2 aliphatic heterocycles. The number of carbonyl (C=O) groups excluding carboxylic acids is 1. The first-order valence-electron chi connectivity index (χ1n) is 9.13. The van der Waals surface area contributed by atoms with Gasteiger partial charge >= 0.3 is 6.09 Å². The molecule has 1 amide bonds. The predicted molar refractivity (Wildman–Crippen MR) is 102 cm³/mol. The zero-order valence-electron chi connectivity index (χ0n) is 16.1. The number of aromatic nitrogens is 2. The second-order valence-electron chi connectivity index (χ2n) is 8.42. The second kappa shape index (κ2) is 5.53. The quantitative estimate of drug-likeness (QED) is 0.794. The average Bonchev–Trinajstić information content (AvgIpc) is 3.20. The Morgan fingerprint density at radius 3 is 2.62 bits per heavy atom. The molecule has 2 fully saturated rings. The Labute approximate surface area is 153 Å². The fourth-order valence-corrected chi connectivity index (χ4v) is 4.16. The summed E-state index contributed by atoms with van der Waals surface area (Å²) in [4.78, 5) is 21.4. The van der Waals surface area contributed by atoms with E-state index >= 15 is 0 Å². The van der Waals surface area contributed by atoms with Gasteiger partial charge in [0.1, 0.15) is 16.9 Å². The fourth-order valence-electron chi connectivity index (χ4n) is 4.16. The minimum atomic E-state index is -0.472. The van der Waals surface area contributed by atoms with Crippen LogP contribution in [0, 0.1) is 6.92 Å². The highest BCUT2D eigenvalue weighted by Gasteiger charge is 2.47. The van der Waals surface area contributed by atoms with Crippen LogP contribution < -0.4 is 10.6 Å². The Bertz CT molecular complexity index is 882. The van der Waals surface area contributed by atoms with E-state index in [0.29, 0.717) is 6.54 Å². The SMILES string of the molecule is Cc1nc2c(N3C[C@H]4C[C@@H]3CN4C(=O)OC(C)(C)C)c(N)ccc2n1C. The number of nitrogen functional groups attached to an aromatic ring is 1. The van der Waals surface area contributed by atoms with Crippen molar-refractivity contribution in [3.63, 3.8) is 0 Å². The zero-order valence-corrected chi connectivity index (χ0v) is 16.1. The molecule has 4 rings (SSSR count). The van der Waals surface area contributed by atoms with Gasteiger partial charge in [0.25, 0.3) is 0 Å². The number of piperazine rings is 1. The third-order valence-corrected chi connectivity index (χ3v) is 5.44. The number of nitrogens with zero attached hydrogens (tertiary/aromatic N) is 4. The Morgan fingerprint density at radius 1 is 1.27 bits per heavy atom. The number of hydrogen-bond acceptors (Lipinski definition) is 5. The van der Waals surface area contributed by atoms with E-state index < -0.39 is 5.60 Å². The molecule has 2 N–H and O–H groups in total. The lowest BCUT2D eigenvalue weighted by atomic mass is 10.1. The second-order valence-corrected chi connectivity index (χ2v) is 8.42. The number of anilines is 2. The third kappa shape index (κ3) is 2.57. The number of fused-ring (bicyclic) bond motifs is 3. The zero-order chi connectivity index (χ0) is 18.8. The summed E-state index contributed by atoms with van der Waals surface area (Å²) >= 11 is 0. The summed E-state index contributed by atoms with van der Waals surface area (Å²) < 4.78 is 7.64. The van der Waals surface area contributed by atoms with Crippen molar-refractivity contribution in [3.8, 4) is 0 Å². The summed E-state index contributed by atoms with van der Waals surface area (Å²) in [5.74, 6) is 0.964. The normalized spacial score (nSPS) is 22.5. The van der Waals surface area contributed by atoms with Crippen LogP contribution in [-0.2, 0) is 11.8 Å². The minimum absolute atomic E-state index is 0.161. The van der Waals surface area contributed by atoms with Gasteiger partial charge in [-0.25, -0.2) is 9.78 Å².